The molecule has 21 heteroatoms. The van der Waals surface area contributed by atoms with Crippen LogP contribution in [0.25, 0.3) is 11.4 Å². The molecular weight excluding hydrogens is 834 g/mol. The van der Waals surface area contributed by atoms with Gasteiger partial charge in [-0.2, -0.15) is 10.2 Å². The third kappa shape index (κ3) is 9.48. The van der Waals surface area contributed by atoms with Crippen molar-refractivity contribution < 1.29 is 56.6 Å². The summed E-state index contributed by atoms with van der Waals surface area (Å²) in [5.74, 6) is -3.45. The Morgan fingerprint density at radius 1 is 0.667 bits per heavy atom. The average Bonchev–Trinajstić information content (AvgIpc) is 3.61. The van der Waals surface area contributed by atoms with E-state index in [4.69, 9.17) is 23.2 Å². The van der Waals surface area contributed by atoms with E-state index in [0.29, 0.717) is 22.8 Å². The first kappa shape index (κ1) is 42.8. The minimum Gasteiger partial charge on any atom is -0.493 e. The topological polar surface area (TPSA) is 262 Å². The maximum absolute atomic E-state index is 11.5. The summed E-state index contributed by atoms with van der Waals surface area (Å²) in [6.07, 6.45) is 2.39. The number of aryl methyl sites for hydroxylation is 2. The Morgan fingerprint density at radius 3 is 1.30 bits per heavy atom. The fourth-order valence-corrected chi connectivity index (χ4v) is 5.62. The number of aliphatic imine (C=N–C) groups is 2. The van der Waals surface area contributed by atoms with Gasteiger partial charge in [-0.3, -0.25) is 30.2 Å². The molecule has 2 heterocycles. The van der Waals surface area contributed by atoms with Gasteiger partial charge in [-0.15, -0.1) is 0 Å². The first-order valence-corrected chi connectivity index (χ1v) is 16.5. The number of nitro benzene ring substituents is 2. The molecule has 18 nitrogen and oxygen atoms in total. The van der Waals surface area contributed by atoms with Crippen LogP contribution in [0, 0.1) is 34.1 Å². The van der Waals surface area contributed by atoms with Crippen molar-refractivity contribution in [3.63, 3.8) is 0 Å². The average molecular weight is 860 g/mol. The van der Waals surface area contributed by atoms with Crippen LogP contribution >= 0.6 is 23.2 Å². The molecule has 0 fully saturated rings. The van der Waals surface area contributed by atoms with Crippen LogP contribution in [0.3, 0.4) is 0 Å². The molecule has 57 heavy (non-hydrogen) atoms. The Balaban J connectivity index is 0.000000248. The molecule has 0 aliphatic carbocycles. The molecule has 0 unspecified atom stereocenters. The number of aromatic nitrogens is 4. The van der Waals surface area contributed by atoms with Crippen molar-refractivity contribution in [3.8, 4) is 23.1 Å². The second-order valence-electron chi connectivity index (χ2n) is 11.4. The van der Waals surface area contributed by atoms with Gasteiger partial charge in [-0.05, 0) is 50.2 Å². The molecule has 0 bridgehead atoms. The van der Waals surface area contributed by atoms with Gasteiger partial charge in [0.25, 0.3) is 11.4 Å². The zero-order valence-corrected chi connectivity index (χ0v) is 31.7. The molecule has 6 aromatic rings. The van der Waals surface area contributed by atoms with Crippen molar-refractivity contribution in [2.75, 3.05) is 0 Å². The van der Waals surface area contributed by atoms with Gasteiger partial charge in [-0.25, -0.2) is 19.0 Å². The fourth-order valence-electron chi connectivity index (χ4n) is 5.21. The molecule has 0 atom stereocenters. The number of aromatic carboxylic acids is 2. The summed E-state index contributed by atoms with van der Waals surface area (Å²) in [5, 5.41) is 70.4. The molecule has 4 N–H and O–H groups in total. The van der Waals surface area contributed by atoms with E-state index >= 15 is 0 Å². The predicted molar refractivity (Wildman–Crippen MR) is 205 cm³/mol. The Morgan fingerprint density at radius 2 is 1.00 bits per heavy atom. The normalized spacial score (nSPS) is 10.9. The number of carbonyl (C=O) groups is 2. The van der Waals surface area contributed by atoms with Crippen LogP contribution in [0.5, 0.6) is 11.8 Å². The van der Waals surface area contributed by atoms with E-state index in [1.54, 1.807) is 62.4 Å². The Kier molecular flexibility index (Phi) is 13.6. The number of aromatic hydroxyl groups is 2. The molecule has 0 aliphatic rings. The van der Waals surface area contributed by atoms with Gasteiger partial charge >= 0.3 is 11.9 Å². The van der Waals surface area contributed by atoms with E-state index < -0.39 is 44.3 Å². The van der Waals surface area contributed by atoms with Crippen LogP contribution in [0.15, 0.2) is 94.9 Å². The number of halogens is 2. The van der Waals surface area contributed by atoms with Crippen LogP contribution in [0.2, 0.25) is 10.0 Å². The van der Waals surface area contributed by atoms with E-state index in [2.05, 4.69) is 20.2 Å². The Labute approximate surface area is 341 Å². The first-order valence-electron chi connectivity index (χ1n) is 15.8. The number of hydrogen-bond donors (Lipinski definition) is 4. The molecule has 4 aromatic carbocycles. The molecule has 1 radical (unpaired) electrons. The third-order valence-corrected chi connectivity index (χ3v) is 8.21. The minimum atomic E-state index is -1.52. The Hall–Kier alpha value is -6.93. The van der Waals surface area contributed by atoms with Crippen LogP contribution in [-0.2, 0) is 16.8 Å². The quantitative estimate of drug-likeness (QED) is 0.0584. The molecule has 293 valence electrons. The van der Waals surface area contributed by atoms with Crippen LogP contribution in [-0.4, -0.2) is 74.2 Å². The molecule has 6 rings (SSSR count). The van der Waals surface area contributed by atoms with Gasteiger partial charge < -0.3 is 20.4 Å². The zero-order chi connectivity index (χ0) is 40.8. The van der Waals surface area contributed by atoms with Gasteiger partial charge in [0.1, 0.15) is 0 Å². The number of carboxylic acids is 2. The third-order valence-electron chi connectivity index (χ3n) is 7.77. The number of carboxylic acid groups (broad SMARTS) is 2. The zero-order valence-electron chi connectivity index (χ0n) is 29.1. The van der Waals surface area contributed by atoms with Crippen LogP contribution < -0.4 is 0 Å². The first-order chi connectivity index (χ1) is 26.6. The van der Waals surface area contributed by atoms with Gasteiger partial charge in [0, 0.05) is 51.4 Å². The van der Waals surface area contributed by atoms with E-state index in [1.165, 1.54) is 33.9 Å². The maximum atomic E-state index is 11.5. The van der Waals surface area contributed by atoms with Crippen molar-refractivity contribution >= 4 is 70.3 Å². The van der Waals surface area contributed by atoms with Crippen molar-refractivity contribution in [2.24, 2.45) is 9.98 Å². The van der Waals surface area contributed by atoms with Crippen molar-refractivity contribution in [1.29, 1.82) is 0 Å². The fraction of sp³-hybridized carbons (Fsp3) is 0.0556. The molecule has 0 aliphatic heterocycles. The summed E-state index contributed by atoms with van der Waals surface area (Å²) >= 11 is 11.7. The van der Waals surface area contributed by atoms with Crippen LogP contribution in [0.4, 0.5) is 22.7 Å². The number of para-hydroxylation sites is 2. The van der Waals surface area contributed by atoms with Gasteiger partial charge in [0.05, 0.1) is 55.1 Å². The van der Waals surface area contributed by atoms with E-state index in [1.807, 2.05) is 12.1 Å². The molecule has 0 saturated heterocycles. The second-order valence-corrected chi connectivity index (χ2v) is 12.3. The smallest absolute Gasteiger partial charge is 0.344 e. The summed E-state index contributed by atoms with van der Waals surface area (Å²) in [6, 6.07) is 22.0. The van der Waals surface area contributed by atoms with Gasteiger partial charge in [0.15, 0.2) is 11.1 Å². The molecule has 2 aromatic heterocycles. The number of benzene rings is 4. The summed E-state index contributed by atoms with van der Waals surface area (Å²) in [4.78, 5) is 51.7. The van der Waals surface area contributed by atoms with Crippen molar-refractivity contribution in [1.82, 2.24) is 19.6 Å². The maximum Gasteiger partial charge on any atom is 0.344 e. The van der Waals surface area contributed by atoms with E-state index in [0.717, 1.165) is 12.1 Å². The monoisotopic (exact) mass is 859 g/mol. The van der Waals surface area contributed by atoms with Gasteiger partial charge in [-0.1, -0.05) is 59.6 Å². The second kappa shape index (κ2) is 18.1. The van der Waals surface area contributed by atoms with Gasteiger partial charge in [0.2, 0.25) is 11.8 Å². The van der Waals surface area contributed by atoms with Crippen molar-refractivity contribution in [2.45, 2.75) is 13.8 Å². The molecular formula is C36H26Cl2CoN8O10. The molecule has 0 amide bonds. The van der Waals surface area contributed by atoms with Crippen molar-refractivity contribution in [3.05, 3.63) is 149 Å². The Bertz CT molecular complexity index is 2400. The van der Waals surface area contributed by atoms with Crippen LogP contribution in [0.1, 0.15) is 43.2 Å². The number of nitrogens with zero attached hydrogens (tertiary/aromatic N) is 8. The number of rotatable bonds is 10. The largest absolute Gasteiger partial charge is 0.493 e. The van der Waals surface area contributed by atoms with E-state index in [9.17, 15) is 50.2 Å². The minimum absolute atomic E-state index is 0. The number of hydrogen-bond acceptors (Lipinski definition) is 12. The summed E-state index contributed by atoms with van der Waals surface area (Å²) in [5.41, 5.74) is -0.393. The molecule has 0 saturated carbocycles. The summed E-state index contributed by atoms with van der Waals surface area (Å²) in [6.45, 7) is 3.28. The number of nitro groups is 2. The standard InChI is InChI=1S/2C18H13ClN4O5.Co/c2*1-10-13(17(24)22(21-10)12-5-3-2-4-6-12)9-20-14-7-11(19)8-15(23(27)28)16(14)18(25)26;/h2*2-9,24H,1H3,(H,25,26);. The predicted octanol–water partition coefficient (Wildman–Crippen LogP) is 7.79. The van der Waals surface area contributed by atoms with E-state index in [-0.39, 0.29) is 61.1 Å². The summed E-state index contributed by atoms with van der Waals surface area (Å²) < 4.78 is 2.60. The summed E-state index contributed by atoms with van der Waals surface area (Å²) in [7, 11) is 0. The molecule has 0 spiro atoms. The SMILES string of the molecule is Cc1nn(-c2ccccc2)c(O)c1C=Nc1cc(Cl)cc([N+](=O)[O-])c1C(=O)O.Cc1nn(-c2ccccc2)c(O)c1C=Nc1cc(Cl)cc([N+](=O)[O-])c1C(=O)O.[Co].